The minimum absolute atomic E-state index is 0.0742. The van der Waals surface area contributed by atoms with Gasteiger partial charge in [-0.2, -0.15) is 0 Å². The van der Waals surface area contributed by atoms with Crippen molar-refractivity contribution in [1.82, 2.24) is 20.2 Å². The number of fused-ring (bicyclic) bond motifs is 1. The van der Waals surface area contributed by atoms with Crippen LogP contribution in [-0.4, -0.2) is 27.9 Å². The summed E-state index contributed by atoms with van der Waals surface area (Å²) in [6, 6.07) is 15.5. The number of nitrogens with zero attached hydrogens (tertiary/aromatic N) is 2. The summed E-state index contributed by atoms with van der Waals surface area (Å²) in [6.07, 6.45) is 2.86. The fraction of sp³-hybridized carbons (Fsp3) is 0.318. The topological polar surface area (TPSA) is 76.0 Å². The zero-order valence-electron chi connectivity index (χ0n) is 16.3. The molecular weight excluding hydrogens is 352 g/mol. The number of imidazole rings is 1. The number of rotatable bonds is 8. The summed E-state index contributed by atoms with van der Waals surface area (Å²) in [5.41, 5.74) is 4.14. The first-order chi connectivity index (χ1) is 13.5. The molecule has 0 spiro atoms. The molecule has 0 unspecified atom stereocenters. The third-order valence-electron chi connectivity index (χ3n) is 4.67. The van der Waals surface area contributed by atoms with Crippen molar-refractivity contribution in [3.05, 3.63) is 66.0 Å². The zero-order chi connectivity index (χ0) is 19.9. The van der Waals surface area contributed by atoms with Crippen molar-refractivity contribution in [2.75, 3.05) is 6.54 Å². The van der Waals surface area contributed by atoms with Crippen LogP contribution in [-0.2, 0) is 16.1 Å². The highest BCUT2D eigenvalue weighted by Crippen LogP contribution is 2.17. The third-order valence-corrected chi connectivity index (χ3v) is 4.67. The second kappa shape index (κ2) is 9.17. The van der Waals surface area contributed by atoms with Crippen LogP contribution >= 0.6 is 0 Å². The monoisotopic (exact) mass is 378 g/mol. The van der Waals surface area contributed by atoms with Gasteiger partial charge in [-0.1, -0.05) is 42.0 Å². The van der Waals surface area contributed by atoms with Crippen LogP contribution < -0.4 is 10.6 Å². The van der Waals surface area contributed by atoms with Gasteiger partial charge in [-0.3, -0.25) is 9.59 Å². The first kappa shape index (κ1) is 19.6. The Kier molecular flexibility index (Phi) is 6.42. The molecule has 1 atom stereocenters. The molecule has 0 aliphatic heterocycles. The van der Waals surface area contributed by atoms with Gasteiger partial charge in [0.25, 0.3) is 0 Å². The third kappa shape index (κ3) is 5.19. The number of hydrogen-bond acceptors (Lipinski definition) is 3. The van der Waals surface area contributed by atoms with Crippen LogP contribution in [0.3, 0.4) is 0 Å². The molecule has 146 valence electrons. The Hall–Kier alpha value is -3.15. The van der Waals surface area contributed by atoms with Crippen LogP contribution in [0.15, 0.2) is 54.9 Å². The van der Waals surface area contributed by atoms with Gasteiger partial charge >= 0.3 is 0 Å². The lowest BCUT2D eigenvalue weighted by Gasteiger charge is -2.18. The summed E-state index contributed by atoms with van der Waals surface area (Å²) in [6.45, 7) is 4.84. The molecule has 0 fully saturated rings. The van der Waals surface area contributed by atoms with E-state index in [4.69, 9.17) is 0 Å². The molecule has 0 aliphatic carbocycles. The fourth-order valence-corrected chi connectivity index (χ4v) is 3.22. The molecule has 0 saturated carbocycles. The first-order valence-corrected chi connectivity index (χ1v) is 9.53. The van der Waals surface area contributed by atoms with E-state index in [1.807, 2.05) is 61.8 Å². The molecule has 2 amide bonds. The van der Waals surface area contributed by atoms with Gasteiger partial charge in [0.1, 0.15) is 0 Å². The Balaban J connectivity index is 1.50. The number of aromatic nitrogens is 2. The van der Waals surface area contributed by atoms with Crippen LogP contribution in [0.4, 0.5) is 0 Å². The fourth-order valence-electron chi connectivity index (χ4n) is 3.22. The number of carbonyl (C=O) groups is 2. The maximum absolute atomic E-state index is 12.4. The van der Waals surface area contributed by atoms with Crippen molar-refractivity contribution in [3.63, 3.8) is 0 Å². The summed E-state index contributed by atoms with van der Waals surface area (Å²) in [5, 5.41) is 5.82. The van der Waals surface area contributed by atoms with Gasteiger partial charge in [0.2, 0.25) is 11.8 Å². The lowest BCUT2D eigenvalue weighted by molar-refractivity contribution is -0.122. The minimum Gasteiger partial charge on any atom is -0.356 e. The van der Waals surface area contributed by atoms with Crippen LogP contribution in [0, 0.1) is 6.92 Å². The van der Waals surface area contributed by atoms with Crippen molar-refractivity contribution in [2.45, 2.75) is 39.3 Å². The molecule has 0 aliphatic rings. The Labute approximate surface area is 165 Å². The maximum atomic E-state index is 12.4. The van der Waals surface area contributed by atoms with Gasteiger partial charge in [0.05, 0.1) is 29.8 Å². The van der Waals surface area contributed by atoms with Crippen LogP contribution in [0.5, 0.6) is 0 Å². The number of nitrogens with one attached hydrogen (secondary N) is 2. The summed E-state index contributed by atoms with van der Waals surface area (Å²) < 4.78 is 2.09. The quantitative estimate of drug-likeness (QED) is 0.591. The van der Waals surface area contributed by atoms with Crippen LogP contribution in [0.2, 0.25) is 0 Å². The molecule has 28 heavy (non-hydrogen) atoms. The number of benzene rings is 2. The largest absolute Gasteiger partial charge is 0.356 e. The van der Waals surface area contributed by atoms with E-state index in [1.54, 1.807) is 0 Å². The SMILES string of the molecule is CC(=O)N[C@@H](CC(=O)NCCCn1cnc2ccccc21)c1ccc(C)cc1. The van der Waals surface area contributed by atoms with E-state index in [0.29, 0.717) is 6.54 Å². The number of carbonyl (C=O) groups excluding carboxylic acids is 2. The number of hydrogen-bond donors (Lipinski definition) is 2. The molecule has 2 aromatic carbocycles. The molecule has 3 rings (SSSR count). The summed E-state index contributed by atoms with van der Waals surface area (Å²) in [5.74, 6) is -0.222. The van der Waals surface area contributed by atoms with E-state index in [9.17, 15) is 9.59 Å². The van der Waals surface area contributed by atoms with E-state index >= 15 is 0 Å². The number of aryl methyl sites for hydroxylation is 2. The molecule has 6 nitrogen and oxygen atoms in total. The standard InChI is InChI=1S/C22H26N4O2/c1-16-8-10-18(11-9-16)20(25-17(2)27)14-22(28)23-12-5-13-26-15-24-19-6-3-4-7-21(19)26/h3-4,6-11,15,20H,5,12-14H2,1-2H3,(H,23,28)(H,25,27)/t20-/m0/s1. The second-order valence-corrected chi connectivity index (χ2v) is 7.00. The van der Waals surface area contributed by atoms with Gasteiger partial charge < -0.3 is 15.2 Å². The molecule has 1 heterocycles. The van der Waals surface area contributed by atoms with Crippen molar-refractivity contribution in [1.29, 1.82) is 0 Å². The molecule has 0 saturated heterocycles. The molecule has 0 radical (unpaired) electrons. The highest BCUT2D eigenvalue weighted by Gasteiger charge is 2.16. The Morgan fingerprint density at radius 2 is 1.86 bits per heavy atom. The molecule has 0 bridgehead atoms. The minimum atomic E-state index is -0.323. The average molecular weight is 378 g/mol. The van der Waals surface area contributed by atoms with E-state index in [2.05, 4.69) is 20.2 Å². The Morgan fingerprint density at radius 3 is 2.61 bits per heavy atom. The Bertz CT molecular complexity index is 947. The lowest BCUT2D eigenvalue weighted by atomic mass is 10.0. The van der Waals surface area contributed by atoms with Gasteiger partial charge in [0.15, 0.2) is 0 Å². The normalized spacial score (nSPS) is 11.9. The predicted molar refractivity (Wildman–Crippen MR) is 110 cm³/mol. The van der Waals surface area contributed by atoms with Crippen molar-refractivity contribution >= 4 is 22.8 Å². The summed E-state index contributed by atoms with van der Waals surface area (Å²) in [7, 11) is 0. The van der Waals surface area contributed by atoms with Gasteiger partial charge in [-0.25, -0.2) is 4.98 Å². The van der Waals surface area contributed by atoms with Gasteiger partial charge in [-0.15, -0.1) is 0 Å². The maximum Gasteiger partial charge on any atom is 0.222 e. The van der Waals surface area contributed by atoms with E-state index in [-0.39, 0.29) is 24.3 Å². The molecule has 6 heteroatoms. The van der Waals surface area contributed by atoms with E-state index in [1.165, 1.54) is 6.92 Å². The number of para-hydroxylation sites is 2. The average Bonchev–Trinajstić information content (AvgIpc) is 3.08. The van der Waals surface area contributed by atoms with Gasteiger partial charge in [0, 0.05) is 20.0 Å². The predicted octanol–water partition coefficient (Wildman–Crippen LogP) is 3.12. The first-order valence-electron chi connectivity index (χ1n) is 9.53. The van der Waals surface area contributed by atoms with Crippen LogP contribution in [0.25, 0.3) is 11.0 Å². The molecular formula is C22H26N4O2. The second-order valence-electron chi connectivity index (χ2n) is 7.00. The van der Waals surface area contributed by atoms with Gasteiger partial charge in [-0.05, 0) is 31.0 Å². The highest BCUT2D eigenvalue weighted by atomic mass is 16.2. The summed E-state index contributed by atoms with van der Waals surface area (Å²) in [4.78, 5) is 28.3. The van der Waals surface area contributed by atoms with Crippen molar-refractivity contribution in [3.8, 4) is 0 Å². The molecule has 3 aromatic rings. The lowest BCUT2D eigenvalue weighted by Crippen LogP contribution is -2.33. The smallest absolute Gasteiger partial charge is 0.222 e. The zero-order valence-corrected chi connectivity index (χ0v) is 16.3. The highest BCUT2D eigenvalue weighted by molar-refractivity contribution is 5.79. The Morgan fingerprint density at radius 1 is 1.11 bits per heavy atom. The van der Waals surface area contributed by atoms with Crippen molar-refractivity contribution in [2.24, 2.45) is 0 Å². The van der Waals surface area contributed by atoms with Crippen LogP contribution in [0.1, 0.15) is 36.9 Å². The summed E-state index contributed by atoms with van der Waals surface area (Å²) >= 11 is 0. The molecule has 2 N–H and O–H groups in total. The number of amides is 2. The van der Waals surface area contributed by atoms with E-state index < -0.39 is 0 Å². The van der Waals surface area contributed by atoms with Crippen molar-refractivity contribution < 1.29 is 9.59 Å². The molecule has 1 aromatic heterocycles. The van der Waals surface area contributed by atoms with E-state index in [0.717, 1.165) is 35.1 Å².